The van der Waals surface area contributed by atoms with Crippen LogP contribution in [0.3, 0.4) is 0 Å². The van der Waals surface area contributed by atoms with Gasteiger partial charge in [0.05, 0.1) is 18.8 Å². The molecule has 0 amide bonds. The Labute approximate surface area is 174 Å². The second-order valence-electron chi connectivity index (χ2n) is 7.42. The van der Waals surface area contributed by atoms with Gasteiger partial charge in [-0.1, -0.05) is 12.1 Å². The third kappa shape index (κ3) is 6.02. The fraction of sp³-hybridized carbons (Fsp3) is 0.650. The van der Waals surface area contributed by atoms with Gasteiger partial charge in [-0.25, -0.2) is 0 Å². The fourth-order valence-corrected chi connectivity index (χ4v) is 5.27. The van der Waals surface area contributed by atoms with Crippen LogP contribution in [0.4, 0.5) is 13.2 Å². The van der Waals surface area contributed by atoms with Crippen LogP contribution in [0.5, 0.6) is 0 Å². The summed E-state index contributed by atoms with van der Waals surface area (Å²) in [6, 6.07) is 5.33. The van der Waals surface area contributed by atoms with Crippen molar-refractivity contribution in [2.24, 2.45) is 4.99 Å². The van der Waals surface area contributed by atoms with Crippen LogP contribution in [-0.2, 0) is 17.3 Å². The lowest BCUT2D eigenvalue weighted by molar-refractivity contribution is -0.137. The number of ether oxygens (including phenoxy) is 1. The zero-order chi connectivity index (χ0) is 20.7. The molecule has 1 aromatic carbocycles. The average molecular weight is 431 g/mol. The van der Waals surface area contributed by atoms with E-state index in [-0.39, 0.29) is 5.54 Å². The molecular formula is C20H29F3N4OS. The lowest BCUT2D eigenvalue weighted by Crippen LogP contribution is -2.60. The van der Waals surface area contributed by atoms with E-state index in [4.69, 9.17) is 4.74 Å². The minimum Gasteiger partial charge on any atom is -0.379 e. The van der Waals surface area contributed by atoms with Crippen molar-refractivity contribution < 1.29 is 17.9 Å². The summed E-state index contributed by atoms with van der Waals surface area (Å²) in [5.74, 6) is 2.99. The molecule has 1 unspecified atom stereocenters. The van der Waals surface area contributed by atoms with Crippen LogP contribution in [0.2, 0.25) is 0 Å². The van der Waals surface area contributed by atoms with Crippen molar-refractivity contribution in [3.8, 4) is 0 Å². The van der Waals surface area contributed by atoms with E-state index in [1.165, 1.54) is 17.9 Å². The van der Waals surface area contributed by atoms with E-state index in [2.05, 4.69) is 20.5 Å². The van der Waals surface area contributed by atoms with E-state index >= 15 is 0 Å². The Morgan fingerprint density at radius 2 is 1.93 bits per heavy atom. The second-order valence-corrected chi connectivity index (χ2v) is 8.53. The maximum absolute atomic E-state index is 12.7. The number of guanidine groups is 1. The number of hydrogen-bond donors (Lipinski definition) is 2. The number of thioether (sulfide) groups is 1. The molecule has 2 N–H and O–H groups in total. The predicted molar refractivity (Wildman–Crippen MR) is 112 cm³/mol. The maximum Gasteiger partial charge on any atom is 0.416 e. The van der Waals surface area contributed by atoms with Gasteiger partial charge in [0, 0.05) is 44.5 Å². The molecule has 0 saturated carbocycles. The highest BCUT2D eigenvalue weighted by Gasteiger charge is 2.40. The molecule has 0 radical (unpaired) electrons. The molecule has 2 aliphatic rings. The summed E-state index contributed by atoms with van der Waals surface area (Å²) in [7, 11) is 1.73. The molecular weight excluding hydrogens is 401 g/mol. The van der Waals surface area contributed by atoms with Crippen molar-refractivity contribution in [3.63, 3.8) is 0 Å². The van der Waals surface area contributed by atoms with Crippen LogP contribution in [0.25, 0.3) is 0 Å². The van der Waals surface area contributed by atoms with Crippen molar-refractivity contribution in [2.45, 2.75) is 24.6 Å². The van der Waals surface area contributed by atoms with Crippen LogP contribution in [0, 0.1) is 0 Å². The highest BCUT2D eigenvalue weighted by Crippen LogP contribution is 2.33. The van der Waals surface area contributed by atoms with Gasteiger partial charge in [-0.05, 0) is 36.3 Å². The summed E-state index contributed by atoms with van der Waals surface area (Å²) in [5, 5.41) is 6.73. The molecule has 0 aliphatic carbocycles. The lowest BCUT2D eigenvalue weighted by atomic mass is 9.95. The first kappa shape index (κ1) is 22.2. The molecule has 2 heterocycles. The molecule has 0 bridgehead atoms. The van der Waals surface area contributed by atoms with Gasteiger partial charge in [-0.2, -0.15) is 24.9 Å². The second kappa shape index (κ2) is 10.0. The zero-order valence-corrected chi connectivity index (χ0v) is 17.5. The summed E-state index contributed by atoms with van der Waals surface area (Å²) < 4.78 is 43.5. The van der Waals surface area contributed by atoms with Gasteiger partial charge in [-0.15, -0.1) is 0 Å². The molecule has 0 spiro atoms. The number of morpholine rings is 1. The van der Waals surface area contributed by atoms with Crippen LogP contribution >= 0.6 is 11.8 Å². The smallest absolute Gasteiger partial charge is 0.379 e. The highest BCUT2D eigenvalue weighted by molar-refractivity contribution is 7.99. The van der Waals surface area contributed by atoms with Gasteiger partial charge >= 0.3 is 6.18 Å². The molecule has 0 aromatic heterocycles. The molecule has 29 heavy (non-hydrogen) atoms. The highest BCUT2D eigenvalue weighted by atomic mass is 32.2. The molecule has 9 heteroatoms. The third-order valence-electron chi connectivity index (χ3n) is 5.56. The van der Waals surface area contributed by atoms with Crippen LogP contribution in [-0.4, -0.2) is 74.3 Å². The first-order valence-corrected chi connectivity index (χ1v) is 11.1. The average Bonchev–Trinajstić information content (AvgIpc) is 3.21. The largest absolute Gasteiger partial charge is 0.416 e. The molecule has 1 atom stereocenters. The lowest BCUT2D eigenvalue weighted by Gasteiger charge is -2.43. The van der Waals surface area contributed by atoms with Gasteiger partial charge in [0.25, 0.3) is 0 Å². The minimum absolute atomic E-state index is 0.124. The van der Waals surface area contributed by atoms with E-state index < -0.39 is 11.7 Å². The number of benzene rings is 1. The summed E-state index contributed by atoms with van der Waals surface area (Å²) >= 11 is 1.99. The molecule has 3 rings (SSSR count). The molecule has 5 nitrogen and oxygen atoms in total. The SMILES string of the molecule is CN=C(NCCc1ccc(C(F)(F)F)cc1)NCC1(N2CCOCC2)CCSC1. The molecule has 162 valence electrons. The molecule has 2 saturated heterocycles. The number of alkyl halides is 3. The van der Waals surface area contributed by atoms with E-state index in [9.17, 15) is 13.2 Å². The topological polar surface area (TPSA) is 48.9 Å². The first-order chi connectivity index (χ1) is 13.9. The Balaban J connectivity index is 1.47. The number of aliphatic imine (C=N–C) groups is 1. The first-order valence-electron chi connectivity index (χ1n) is 9.94. The van der Waals surface area contributed by atoms with Crippen molar-refractivity contribution in [1.82, 2.24) is 15.5 Å². The van der Waals surface area contributed by atoms with Crippen molar-refractivity contribution in [2.75, 3.05) is 57.9 Å². The predicted octanol–water partition coefficient (Wildman–Crippen LogP) is 2.62. The summed E-state index contributed by atoms with van der Waals surface area (Å²) in [6.45, 7) is 4.91. The molecule has 2 aliphatic heterocycles. The summed E-state index contributed by atoms with van der Waals surface area (Å²) in [5.41, 5.74) is 0.368. The Morgan fingerprint density at radius 1 is 1.21 bits per heavy atom. The summed E-state index contributed by atoms with van der Waals surface area (Å²) in [4.78, 5) is 6.84. The molecule has 1 aromatic rings. The zero-order valence-electron chi connectivity index (χ0n) is 16.7. The van der Waals surface area contributed by atoms with Crippen LogP contribution in [0.15, 0.2) is 29.3 Å². The van der Waals surface area contributed by atoms with Gasteiger partial charge in [0.15, 0.2) is 5.96 Å². The Hall–Kier alpha value is -1.45. The van der Waals surface area contributed by atoms with Gasteiger partial charge in [-0.3, -0.25) is 9.89 Å². The van der Waals surface area contributed by atoms with Crippen molar-refractivity contribution >= 4 is 17.7 Å². The van der Waals surface area contributed by atoms with Gasteiger partial charge in [0.2, 0.25) is 0 Å². The van der Waals surface area contributed by atoms with Gasteiger partial charge in [0.1, 0.15) is 0 Å². The molecule has 2 fully saturated rings. The number of rotatable bonds is 6. The van der Waals surface area contributed by atoms with Gasteiger partial charge < -0.3 is 15.4 Å². The van der Waals surface area contributed by atoms with Crippen LogP contribution in [0.1, 0.15) is 17.5 Å². The van der Waals surface area contributed by atoms with Crippen LogP contribution < -0.4 is 10.6 Å². The fourth-order valence-electron chi connectivity index (χ4n) is 3.79. The Kier molecular flexibility index (Phi) is 7.70. The third-order valence-corrected chi connectivity index (χ3v) is 6.79. The Morgan fingerprint density at radius 3 is 2.52 bits per heavy atom. The quantitative estimate of drug-likeness (QED) is 0.537. The van der Waals surface area contributed by atoms with E-state index in [1.54, 1.807) is 7.05 Å². The van der Waals surface area contributed by atoms with Crippen molar-refractivity contribution in [3.05, 3.63) is 35.4 Å². The summed E-state index contributed by atoms with van der Waals surface area (Å²) in [6.07, 6.45) is -2.52. The Bertz CT molecular complexity index is 669. The normalized spacial score (nSPS) is 23.9. The minimum atomic E-state index is -4.29. The number of hydrogen-bond acceptors (Lipinski definition) is 4. The van der Waals surface area contributed by atoms with E-state index in [1.807, 2.05) is 11.8 Å². The standard InChI is InChI=1S/C20H29F3N4OS/c1-24-18(25-8-6-16-2-4-17(5-3-16)20(21,22)23)26-14-19(7-13-29-15-19)27-9-11-28-12-10-27/h2-5H,6-15H2,1H3,(H2,24,25,26). The number of nitrogens with one attached hydrogen (secondary N) is 2. The maximum atomic E-state index is 12.7. The van der Waals surface area contributed by atoms with E-state index in [0.29, 0.717) is 13.0 Å². The van der Waals surface area contributed by atoms with E-state index in [0.717, 1.165) is 68.7 Å². The monoisotopic (exact) mass is 430 g/mol. The van der Waals surface area contributed by atoms with Crippen molar-refractivity contribution in [1.29, 1.82) is 0 Å². The number of halogens is 3. The number of nitrogens with zero attached hydrogens (tertiary/aromatic N) is 2.